The number of hydrogen-bond acceptors (Lipinski definition) is 9. The first-order chi connectivity index (χ1) is 37.3. The van der Waals surface area contributed by atoms with Crippen LogP contribution in [0.2, 0.25) is 0 Å². The molecule has 0 aliphatic heterocycles. The van der Waals surface area contributed by atoms with Crippen molar-refractivity contribution in [2.75, 3.05) is 60.8 Å². The molecule has 86 heavy (non-hydrogen) atoms. The zero-order valence-corrected chi connectivity index (χ0v) is 43.6. The minimum absolute atomic E-state index is 0.0395. The maximum atomic E-state index is 13.3. The third-order valence-electron chi connectivity index (χ3n) is 7.86. The number of aliphatic hydroxyl groups is 7. The number of hydrogen-bond donors (Lipinski definition) is 7. The summed E-state index contributed by atoms with van der Waals surface area (Å²) in [4.78, 5) is 0. The highest BCUT2D eigenvalue weighted by Crippen LogP contribution is 2.66. The Kier molecular flexibility index (Phi) is 39.7. The zero-order valence-electron chi connectivity index (χ0n) is 41.4. The van der Waals surface area contributed by atoms with Crippen molar-refractivity contribution in [1.82, 2.24) is 0 Å². The predicted molar refractivity (Wildman–Crippen MR) is 210 cm³/mol. The second-order valence-corrected chi connectivity index (χ2v) is 15.1. The van der Waals surface area contributed by atoms with Gasteiger partial charge in [0.05, 0.1) is 19.8 Å². The van der Waals surface area contributed by atoms with E-state index in [9.17, 15) is 180 Å². The summed E-state index contributed by atoms with van der Waals surface area (Å²) >= 11 is 0.0395. The quantitative estimate of drug-likeness (QED) is 0.0184. The van der Waals surface area contributed by atoms with Crippen molar-refractivity contribution in [2.24, 2.45) is 0 Å². The molecule has 0 rings (SSSR count). The van der Waals surface area contributed by atoms with E-state index in [1.54, 1.807) is 0 Å². The number of rotatable bonds is 22. The van der Waals surface area contributed by atoms with Gasteiger partial charge in [-0.3, -0.25) is 0 Å². The fraction of sp³-hybridized carbons (Fsp3) is 0.886. The molecule has 9 nitrogen and oxygen atoms in total. The first kappa shape index (κ1) is 99.2. The van der Waals surface area contributed by atoms with Crippen LogP contribution in [0, 0.1) is 0 Å². The van der Waals surface area contributed by atoms with Gasteiger partial charge in [-0.1, -0.05) is 48.6 Å². The third kappa shape index (κ3) is 20.2. The SMILES string of the molecule is C=CCO.C=CCO.CC.CO.COCO.OCC(F)(F)C(F)(F)C(F)(F)C(F)(F)C(F)(F)C(F)(F)C(F)(F)C(F)(F)F.OCC(I)C(F)(F)C(F)(F)C(F)(F)C(F)(F)C(F)(F)C(F)(F)C(F)(F)C(F)(F)F.OCOCC(F)(F)C(F)(F)C(F)(F)F. The summed E-state index contributed by atoms with van der Waals surface area (Å²) in [6, 6.07) is 0. The van der Waals surface area contributed by atoms with Gasteiger partial charge in [0.2, 0.25) is 0 Å². The van der Waals surface area contributed by atoms with Crippen molar-refractivity contribution in [3.8, 4) is 0 Å². The van der Waals surface area contributed by atoms with E-state index in [-0.39, 0.29) is 42.6 Å². The first-order valence-electron chi connectivity index (χ1n) is 19.6. The van der Waals surface area contributed by atoms with Crippen LogP contribution in [0.4, 0.5) is 180 Å². The summed E-state index contributed by atoms with van der Waals surface area (Å²) in [5, 5.41) is 54.0. The Balaban J connectivity index is -0.000000162. The average Bonchev–Trinajstić information content (AvgIpc) is 3.37. The second-order valence-electron chi connectivity index (χ2n) is 13.6. The van der Waals surface area contributed by atoms with Crippen molar-refractivity contribution in [3.05, 3.63) is 25.3 Å². The van der Waals surface area contributed by atoms with E-state index in [4.69, 9.17) is 35.7 Å². The van der Waals surface area contributed by atoms with E-state index in [1.165, 1.54) is 19.3 Å². The Morgan fingerprint density at radius 1 is 0.349 bits per heavy atom. The minimum atomic E-state index is -8.64. The molecule has 7 N–H and O–H groups in total. The molecule has 0 saturated carbocycles. The Labute approximate surface area is 465 Å². The van der Waals surface area contributed by atoms with Gasteiger partial charge in [-0.15, -0.1) is 13.2 Å². The number of alkyl halides is 42. The highest BCUT2D eigenvalue weighted by molar-refractivity contribution is 14.1. The lowest BCUT2D eigenvalue weighted by molar-refractivity contribution is -0.462. The van der Waals surface area contributed by atoms with Crippen molar-refractivity contribution >= 4 is 22.6 Å². The molecule has 0 aliphatic rings. The van der Waals surface area contributed by atoms with Crippen LogP contribution in [0.25, 0.3) is 0 Å². The summed E-state index contributed by atoms with van der Waals surface area (Å²) in [6.07, 6.45) is -19.1. The largest absolute Gasteiger partial charge is 0.460 e. The van der Waals surface area contributed by atoms with Crippen LogP contribution in [0.1, 0.15) is 13.8 Å². The molecular weight excluding hydrogens is 1470 g/mol. The molecule has 0 heterocycles. The summed E-state index contributed by atoms with van der Waals surface area (Å²) in [5.41, 5.74) is 0. The van der Waals surface area contributed by atoms with Gasteiger partial charge < -0.3 is 45.2 Å². The summed E-state index contributed by atoms with van der Waals surface area (Å²) in [5.74, 6) is -125. The number of methoxy groups -OCH3 is 1. The number of ether oxygens (including phenoxy) is 2. The van der Waals surface area contributed by atoms with E-state index >= 15 is 0 Å². The second kappa shape index (κ2) is 34.4. The van der Waals surface area contributed by atoms with Gasteiger partial charge in [-0.25, -0.2) is 0 Å². The molecule has 0 aromatic rings. The molecule has 0 aliphatic carbocycles. The van der Waals surface area contributed by atoms with E-state index in [0.717, 1.165) is 7.11 Å². The maximum absolute atomic E-state index is 13.3. The predicted octanol–water partition coefficient (Wildman–Crippen LogP) is 13.1. The lowest BCUT2D eigenvalue weighted by Gasteiger charge is -2.43. The fourth-order valence-electron chi connectivity index (χ4n) is 3.25. The highest BCUT2D eigenvalue weighted by Gasteiger charge is 2.97. The molecule has 0 fully saturated rings. The molecule has 0 amide bonds. The first-order valence-corrected chi connectivity index (χ1v) is 20.9. The van der Waals surface area contributed by atoms with Gasteiger partial charge in [0.25, 0.3) is 0 Å². The Hall–Kier alpha value is -3.02. The van der Waals surface area contributed by atoms with E-state index in [0.29, 0.717) is 0 Å². The number of aliphatic hydroxyl groups excluding tert-OH is 7. The molecule has 1 atom stereocenters. The van der Waals surface area contributed by atoms with Gasteiger partial charge in [-0.2, -0.15) is 180 Å². The van der Waals surface area contributed by atoms with E-state index < -0.39 is 144 Å². The van der Waals surface area contributed by atoms with E-state index in [2.05, 4.69) is 22.6 Å². The van der Waals surface area contributed by atoms with Crippen LogP contribution in [0.15, 0.2) is 25.3 Å². The lowest BCUT2D eigenvalue weighted by Crippen LogP contribution is -2.75. The van der Waals surface area contributed by atoms with Crippen molar-refractivity contribution in [2.45, 2.75) is 131 Å². The van der Waals surface area contributed by atoms with Gasteiger partial charge in [0, 0.05) is 14.2 Å². The molecule has 51 heteroatoms. The molecule has 0 aromatic heterocycles. The minimum Gasteiger partial charge on any atom is -0.400 e. The summed E-state index contributed by atoms with van der Waals surface area (Å²) < 4.78 is 519. The summed E-state index contributed by atoms with van der Waals surface area (Å²) in [6.45, 7) is 1.22. The standard InChI is InChI=1S/C10H4F17IO.C9H3F17O.C5H5F7O2.2C3H6O.C2H6O2.C2H6.CH4O/c11-3(12,2(28)1-29)4(13,14)5(15,16)6(17,18)7(19,20)8(21,22)9(23,24)10(25,26)27;10-2(11,1-27)3(12,13)4(14,15)5(16,17)6(18,19)7(20,21)8(22,23)9(24,25)26;6-3(7,1-14-2-13)4(8,9)5(10,11)12;2*1-2-3-4;1-4-2-3;2*1-2/h2,29H,1H2;27H,1H2;13H,1-2H2;2*2,4H,1,3H2;3H,2H2,1H3;1-2H3;2H,1H3. The van der Waals surface area contributed by atoms with Crippen LogP contribution >= 0.6 is 22.6 Å². The molecule has 528 valence electrons. The van der Waals surface area contributed by atoms with Crippen LogP contribution < -0.4 is 0 Å². The molecule has 0 saturated heterocycles. The topological polar surface area (TPSA) is 160 Å². The Morgan fingerprint density at radius 2 is 0.547 bits per heavy atom. The monoisotopic (exact) mass is 1510 g/mol. The van der Waals surface area contributed by atoms with Crippen LogP contribution in [-0.4, -0.2) is 214 Å². The average molecular weight is 1510 g/mol. The molecule has 0 bridgehead atoms. The molecule has 0 aromatic carbocycles. The number of halogens is 42. The maximum Gasteiger partial charge on any atom is 0.460 e. The Morgan fingerprint density at radius 3 is 0.709 bits per heavy atom. The molecule has 0 spiro atoms. The third-order valence-corrected chi connectivity index (χ3v) is 9.04. The molecular formula is C35H40F41IO9. The highest BCUT2D eigenvalue weighted by atomic mass is 127. The smallest absolute Gasteiger partial charge is 0.400 e. The van der Waals surface area contributed by atoms with Gasteiger partial charge >= 0.3 is 113 Å². The molecule has 1 unspecified atom stereocenters. The summed E-state index contributed by atoms with van der Waals surface area (Å²) in [7, 11) is 2.43. The van der Waals surface area contributed by atoms with Gasteiger partial charge in [-0.05, 0) is 0 Å². The fourth-order valence-corrected chi connectivity index (χ4v) is 3.65. The van der Waals surface area contributed by atoms with Crippen molar-refractivity contribution in [3.63, 3.8) is 0 Å². The lowest BCUT2D eigenvalue weighted by atomic mass is 9.88. The molecule has 0 radical (unpaired) electrons. The van der Waals surface area contributed by atoms with Crippen LogP contribution in [0.3, 0.4) is 0 Å². The zero-order chi connectivity index (χ0) is 72.9. The van der Waals surface area contributed by atoms with Gasteiger partial charge in [0.15, 0.2) is 0 Å². The Bertz CT molecular complexity index is 1880. The van der Waals surface area contributed by atoms with Gasteiger partial charge in [0.1, 0.15) is 30.7 Å². The van der Waals surface area contributed by atoms with E-state index in [1.807, 2.05) is 13.8 Å². The van der Waals surface area contributed by atoms with Crippen molar-refractivity contribution < 1.29 is 225 Å². The normalized spacial score (nSPS) is 14.6. The van der Waals surface area contributed by atoms with Crippen molar-refractivity contribution in [1.29, 1.82) is 0 Å². The van der Waals surface area contributed by atoms with Crippen LogP contribution in [0.5, 0.6) is 0 Å². The van der Waals surface area contributed by atoms with Crippen LogP contribution in [-0.2, 0) is 9.47 Å².